The maximum Gasteiger partial charge on any atom is 0.123 e. The molecule has 2 rings (SSSR count). The van der Waals surface area contributed by atoms with Gasteiger partial charge in [0.15, 0.2) is 0 Å². The Hall–Kier alpha value is -1.04. The highest BCUT2D eigenvalue weighted by Gasteiger charge is 2.16. The van der Waals surface area contributed by atoms with Gasteiger partial charge in [-0.2, -0.15) is 0 Å². The van der Waals surface area contributed by atoms with Gasteiger partial charge in [0.25, 0.3) is 0 Å². The number of rotatable bonds is 6. The van der Waals surface area contributed by atoms with Crippen LogP contribution in [-0.2, 0) is 0 Å². The van der Waals surface area contributed by atoms with Gasteiger partial charge in [-0.25, -0.2) is 0 Å². The van der Waals surface area contributed by atoms with Crippen molar-refractivity contribution < 1.29 is 9.47 Å². The van der Waals surface area contributed by atoms with Gasteiger partial charge in [0.2, 0.25) is 0 Å². The average Bonchev–Trinajstić information content (AvgIpc) is 2.93. The SMILES string of the molecule is COc1ccc(OC)c(C(C)NC(C)c2ccc(Br)s2)c1. The zero-order chi connectivity index (χ0) is 15.4. The molecule has 3 nitrogen and oxygen atoms in total. The van der Waals surface area contributed by atoms with Crippen molar-refractivity contribution in [2.24, 2.45) is 0 Å². The van der Waals surface area contributed by atoms with E-state index >= 15 is 0 Å². The molecule has 0 bridgehead atoms. The van der Waals surface area contributed by atoms with Crippen LogP contribution in [0.2, 0.25) is 0 Å². The van der Waals surface area contributed by atoms with E-state index in [1.165, 1.54) is 4.88 Å². The quantitative estimate of drug-likeness (QED) is 0.781. The van der Waals surface area contributed by atoms with Crippen LogP contribution in [0.3, 0.4) is 0 Å². The van der Waals surface area contributed by atoms with Crippen LogP contribution in [0, 0.1) is 0 Å². The van der Waals surface area contributed by atoms with Crippen molar-refractivity contribution in [3.63, 3.8) is 0 Å². The van der Waals surface area contributed by atoms with E-state index in [0.29, 0.717) is 0 Å². The molecule has 2 aromatic rings. The first-order valence-electron chi connectivity index (χ1n) is 6.78. The first-order valence-corrected chi connectivity index (χ1v) is 8.39. The second-order valence-corrected chi connectivity index (χ2v) is 7.35. The molecule has 2 unspecified atom stereocenters. The van der Waals surface area contributed by atoms with Crippen LogP contribution in [0.5, 0.6) is 11.5 Å². The Morgan fingerprint density at radius 2 is 1.81 bits per heavy atom. The predicted molar refractivity (Wildman–Crippen MR) is 91.5 cm³/mol. The van der Waals surface area contributed by atoms with Gasteiger partial charge in [-0.1, -0.05) is 0 Å². The van der Waals surface area contributed by atoms with Crippen molar-refractivity contribution in [3.05, 3.63) is 44.6 Å². The monoisotopic (exact) mass is 369 g/mol. The Bertz CT molecular complexity index is 600. The summed E-state index contributed by atoms with van der Waals surface area (Å²) in [6, 6.07) is 10.5. The fourth-order valence-corrected chi connectivity index (χ4v) is 3.72. The van der Waals surface area contributed by atoms with Crippen molar-refractivity contribution in [2.45, 2.75) is 25.9 Å². The van der Waals surface area contributed by atoms with E-state index in [1.54, 1.807) is 25.6 Å². The molecule has 0 radical (unpaired) electrons. The van der Waals surface area contributed by atoms with Crippen LogP contribution in [0.4, 0.5) is 0 Å². The predicted octanol–water partition coefficient (Wildman–Crippen LogP) is 4.94. The minimum Gasteiger partial charge on any atom is -0.497 e. The van der Waals surface area contributed by atoms with Gasteiger partial charge in [-0.15, -0.1) is 11.3 Å². The molecule has 0 amide bonds. The van der Waals surface area contributed by atoms with Gasteiger partial charge in [0.05, 0.1) is 18.0 Å². The third-order valence-electron chi connectivity index (χ3n) is 3.42. The van der Waals surface area contributed by atoms with Crippen LogP contribution < -0.4 is 14.8 Å². The lowest BCUT2D eigenvalue weighted by molar-refractivity contribution is 0.388. The van der Waals surface area contributed by atoms with E-state index in [-0.39, 0.29) is 12.1 Å². The molecule has 0 fully saturated rings. The van der Waals surface area contributed by atoms with Crippen LogP contribution in [-0.4, -0.2) is 14.2 Å². The molecule has 0 aliphatic heterocycles. The number of thiophene rings is 1. The van der Waals surface area contributed by atoms with E-state index < -0.39 is 0 Å². The molecule has 5 heteroatoms. The fourth-order valence-electron chi connectivity index (χ4n) is 2.29. The normalized spacial score (nSPS) is 13.8. The molecule has 0 spiro atoms. The largest absolute Gasteiger partial charge is 0.497 e. The van der Waals surface area contributed by atoms with Crippen LogP contribution in [0.1, 0.15) is 36.4 Å². The molecule has 0 aliphatic rings. The summed E-state index contributed by atoms with van der Waals surface area (Å²) in [5.41, 5.74) is 1.10. The Morgan fingerprint density at radius 3 is 2.38 bits per heavy atom. The number of benzene rings is 1. The zero-order valence-corrected chi connectivity index (χ0v) is 15.0. The standard InChI is InChI=1S/C16H20BrNO2S/c1-10(18-11(2)15-7-8-16(17)21-15)13-9-12(19-3)5-6-14(13)20-4/h5-11,18H,1-4H3. The van der Waals surface area contributed by atoms with Crippen molar-refractivity contribution >= 4 is 27.3 Å². The molecule has 1 N–H and O–H groups in total. The summed E-state index contributed by atoms with van der Waals surface area (Å²) in [6.45, 7) is 4.30. The summed E-state index contributed by atoms with van der Waals surface area (Å²) in [7, 11) is 3.37. The van der Waals surface area contributed by atoms with Gasteiger partial charge in [-0.3, -0.25) is 0 Å². The Labute approximate surface area is 138 Å². The summed E-state index contributed by atoms with van der Waals surface area (Å²) < 4.78 is 11.9. The fraction of sp³-hybridized carbons (Fsp3) is 0.375. The molecule has 0 saturated heterocycles. The Balaban J connectivity index is 2.17. The van der Waals surface area contributed by atoms with Crippen LogP contribution >= 0.6 is 27.3 Å². The number of hydrogen-bond acceptors (Lipinski definition) is 4. The first kappa shape index (κ1) is 16.3. The molecular weight excluding hydrogens is 350 g/mol. The van der Waals surface area contributed by atoms with E-state index in [0.717, 1.165) is 20.8 Å². The van der Waals surface area contributed by atoms with Crippen molar-refractivity contribution in [1.29, 1.82) is 0 Å². The second-order valence-electron chi connectivity index (χ2n) is 4.86. The van der Waals surface area contributed by atoms with E-state index in [9.17, 15) is 0 Å². The summed E-state index contributed by atoms with van der Waals surface area (Å²) in [6.07, 6.45) is 0. The van der Waals surface area contributed by atoms with E-state index in [1.807, 2.05) is 18.2 Å². The van der Waals surface area contributed by atoms with Crippen molar-refractivity contribution in [1.82, 2.24) is 5.32 Å². The van der Waals surface area contributed by atoms with Crippen molar-refractivity contribution in [3.8, 4) is 11.5 Å². The molecule has 114 valence electrons. The Morgan fingerprint density at radius 1 is 1.05 bits per heavy atom. The summed E-state index contributed by atoms with van der Waals surface area (Å²) in [5.74, 6) is 1.71. The smallest absolute Gasteiger partial charge is 0.123 e. The molecule has 21 heavy (non-hydrogen) atoms. The third kappa shape index (κ3) is 3.99. The number of halogens is 1. The zero-order valence-electron chi connectivity index (χ0n) is 12.6. The van der Waals surface area contributed by atoms with E-state index in [4.69, 9.17) is 9.47 Å². The van der Waals surface area contributed by atoms with Gasteiger partial charge >= 0.3 is 0 Å². The highest BCUT2D eigenvalue weighted by Crippen LogP contribution is 2.32. The molecule has 0 aliphatic carbocycles. The summed E-state index contributed by atoms with van der Waals surface area (Å²) >= 11 is 5.26. The maximum atomic E-state index is 5.46. The second kappa shape index (κ2) is 7.29. The number of methoxy groups -OCH3 is 2. The highest BCUT2D eigenvalue weighted by atomic mass is 79.9. The third-order valence-corrected chi connectivity index (χ3v) is 5.23. The number of hydrogen-bond donors (Lipinski definition) is 1. The van der Waals surface area contributed by atoms with Gasteiger partial charge in [0, 0.05) is 22.5 Å². The lowest BCUT2D eigenvalue weighted by Crippen LogP contribution is -2.22. The van der Waals surface area contributed by atoms with Crippen molar-refractivity contribution in [2.75, 3.05) is 14.2 Å². The number of nitrogens with one attached hydrogen (secondary N) is 1. The molecular formula is C16H20BrNO2S. The number of ether oxygens (including phenoxy) is 2. The summed E-state index contributed by atoms with van der Waals surface area (Å²) in [5, 5.41) is 3.61. The van der Waals surface area contributed by atoms with Crippen LogP contribution in [0.25, 0.3) is 0 Å². The summed E-state index contributed by atoms with van der Waals surface area (Å²) in [4.78, 5) is 1.30. The van der Waals surface area contributed by atoms with E-state index in [2.05, 4.69) is 47.2 Å². The molecule has 1 heterocycles. The molecule has 1 aromatic carbocycles. The average molecular weight is 370 g/mol. The van der Waals surface area contributed by atoms with Gasteiger partial charge in [-0.05, 0) is 60.1 Å². The lowest BCUT2D eigenvalue weighted by atomic mass is 10.1. The lowest BCUT2D eigenvalue weighted by Gasteiger charge is -2.22. The highest BCUT2D eigenvalue weighted by molar-refractivity contribution is 9.11. The van der Waals surface area contributed by atoms with Gasteiger partial charge in [0.1, 0.15) is 11.5 Å². The minimum atomic E-state index is 0.158. The first-order chi connectivity index (χ1) is 10.0. The van der Waals surface area contributed by atoms with Crippen LogP contribution in [0.15, 0.2) is 34.1 Å². The molecule has 1 aromatic heterocycles. The Kier molecular flexibility index (Phi) is 5.67. The maximum absolute atomic E-state index is 5.46. The topological polar surface area (TPSA) is 30.5 Å². The molecule has 0 saturated carbocycles. The molecule has 2 atom stereocenters. The van der Waals surface area contributed by atoms with Gasteiger partial charge < -0.3 is 14.8 Å². The minimum absolute atomic E-state index is 0.158.